The van der Waals surface area contributed by atoms with E-state index >= 15 is 0 Å². The van der Waals surface area contributed by atoms with Gasteiger partial charge in [-0.05, 0) is 0 Å². The Kier molecular flexibility index (Phi) is 8.10. The topological polar surface area (TPSA) is 174 Å². The zero-order chi connectivity index (χ0) is 18.6. The van der Waals surface area contributed by atoms with Crippen LogP contribution in [0.5, 0.6) is 0 Å². The van der Waals surface area contributed by atoms with E-state index in [1.54, 1.807) is 0 Å². The molecule has 0 aromatic rings. The third-order valence-corrected chi connectivity index (χ3v) is 5.57. The lowest BCUT2D eigenvalue weighted by molar-refractivity contribution is -0.0968. The quantitative estimate of drug-likeness (QED) is 0.363. The lowest BCUT2D eigenvalue weighted by atomic mass is 9.93. The molecule has 6 aliphatic rings. The minimum atomic E-state index is -4.64. The molecule has 25 heavy (non-hydrogen) atoms. The smallest absolute Gasteiger partial charge is 0.396 e. The second kappa shape index (κ2) is 9.23. The fourth-order valence-electron chi connectivity index (χ4n) is 1.89. The largest absolute Gasteiger partial charge is 0.466 e. The molecular formula is C10H21O12P3. The van der Waals surface area contributed by atoms with Crippen molar-refractivity contribution in [2.75, 3.05) is 52.9 Å². The highest BCUT2D eigenvalue weighted by Crippen LogP contribution is 2.53. The van der Waals surface area contributed by atoms with E-state index < -0.39 is 25.0 Å². The minimum Gasteiger partial charge on any atom is -0.396 e. The second-order valence-corrected chi connectivity index (χ2v) is 9.39. The highest BCUT2D eigenvalue weighted by atomic mass is 31.2. The first-order valence-corrected chi connectivity index (χ1v) is 10.8. The first-order chi connectivity index (χ1) is 11.7. The minimum absolute atomic E-state index is 0.0795. The van der Waals surface area contributed by atoms with E-state index in [1.807, 2.05) is 0 Å². The van der Waals surface area contributed by atoms with E-state index in [4.69, 9.17) is 56.6 Å². The highest BCUT2D eigenvalue weighted by Gasteiger charge is 2.45. The zero-order valence-electron chi connectivity index (χ0n) is 13.1. The van der Waals surface area contributed by atoms with Crippen molar-refractivity contribution < 1.29 is 56.6 Å². The summed E-state index contributed by atoms with van der Waals surface area (Å²) in [6, 6.07) is 0. The molecule has 0 radical (unpaired) electrons. The van der Waals surface area contributed by atoms with Crippen LogP contribution in [0.4, 0.5) is 0 Å². The molecule has 0 amide bonds. The molecule has 5 N–H and O–H groups in total. The highest BCUT2D eigenvalue weighted by molar-refractivity contribution is 7.45. The fraction of sp³-hybridized carbons (Fsp3) is 1.00. The molecule has 15 heteroatoms. The molecule has 148 valence electrons. The van der Waals surface area contributed by atoms with E-state index in [0.717, 1.165) is 0 Å². The molecular weight excluding hydrogens is 405 g/mol. The number of rotatable bonds is 2. The van der Waals surface area contributed by atoms with Crippen LogP contribution < -0.4 is 0 Å². The molecule has 0 atom stereocenters. The van der Waals surface area contributed by atoms with Gasteiger partial charge in [0.2, 0.25) is 0 Å². The molecule has 0 aromatic heterocycles. The molecule has 0 saturated carbocycles. The van der Waals surface area contributed by atoms with Gasteiger partial charge in [-0.2, -0.15) is 0 Å². The van der Waals surface area contributed by atoms with Crippen LogP contribution >= 0.6 is 25.0 Å². The first-order valence-electron chi connectivity index (χ1n) is 7.07. The summed E-state index contributed by atoms with van der Waals surface area (Å²) in [5, 5.41) is 17.9. The van der Waals surface area contributed by atoms with Crippen molar-refractivity contribution in [2.24, 2.45) is 10.8 Å². The van der Waals surface area contributed by atoms with Gasteiger partial charge in [-0.15, -0.1) is 0 Å². The zero-order valence-corrected chi connectivity index (χ0v) is 15.8. The normalized spacial score (nSPS) is 39.1. The van der Waals surface area contributed by atoms with Gasteiger partial charge >= 0.3 is 25.0 Å². The maximum absolute atomic E-state index is 8.93. The van der Waals surface area contributed by atoms with E-state index in [-0.39, 0.29) is 24.0 Å². The van der Waals surface area contributed by atoms with Crippen LogP contribution in [0, 0.1) is 10.8 Å². The predicted octanol–water partition coefficient (Wildman–Crippen LogP) is -0.391. The Morgan fingerprint density at radius 1 is 0.680 bits per heavy atom. The van der Waals surface area contributed by atoms with Gasteiger partial charge in [0, 0.05) is 0 Å². The Labute approximate surface area is 146 Å². The molecule has 12 nitrogen and oxygen atoms in total. The summed E-state index contributed by atoms with van der Waals surface area (Å²) in [4.78, 5) is 21.6. The number of hydrogen-bond donors (Lipinski definition) is 5. The first kappa shape index (κ1) is 21.9. The molecule has 0 aliphatic carbocycles. The lowest BCUT2D eigenvalue weighted by Gasteiger charge is -2.42. The summed E-state index contributed by atoms with van der Waals surface area (Å²) in [5.74, 6) is 0. The average Bonchev–Trinajstić information content (AvgIpc) is 2.64. The molecule has 0 spiro atoms. The van der Waals surface area contributed by atoms with Gasteiger partial charge in [-0.3, -0.25) is 0 Å². The molecule has 6 fully saturated rings. The van der Waals surface area contributed by atoms with Gasteiger partial charge in [-0.1, -0.05) is 0 Å². The Balaban J connectivity index is 0.000000144. The van der Waals surface area contributed by atoms with Crippen molar-refractivity contribution >= 4 is 25.0 Å². The summed E-state index contributed by atoms with van der Waals surface area (Å²) < 4.78 is 39.7. The summed E-state index contributed by atoms with van der Waals surface area (Å²) in [7, 11) is -6.74. The van der Waals surface area contributed by atoms with Gasteiger partial charge in [0.15, 0.2) is 0 Å². The van der Waals surface area contributed by atoms with Crippen LogP contribution in [0.2, 0.25) is 0 Å². The molecule has 0 aromatic carbocycles. The molecule has 6 saturated heterocycles. The number of hydrogen-bond acceptors (Lipinski definition) is 9. The standard InChI is InChI=1S/2C5H9O4P.H3O4P/c2*6-1-5-2-7-10(8-3-5)9-4-5;1-5(2,3)4/h2*6H,1-4H2;(H3,1,2,3,4). The van der Waals surface area contributed by atoms with Crippen LogP contribution in [0.15, 0.2) is 0 Å². The van der Waals surface area contributed by atoms with E-state index in [0.29, 0.717) is 39.6 Å². The molecule has 4 bridgehead atoms. The van der Waals surface area contributed by atoms with Gasteiger partial charge in [0.1, 0.15) is 0 Å². The summed E-state index contributed by atoms with van der Waals surface area (Å²) >= 11 is 0. The van der Waals surface area contributed by atoms with Gasteiger partial charge < -0.3 is 52.0 Å². The summed E-state index contributed by atoms with van der Waals surface area (Å²) in [5.41, 5.74) is -0.534. The van der Waals surface area contributed by atoms with Crippen molar-refractivity contribution in [3.8, 4) is 0 Å². The van der Waals surface area contributed by atoms with Crippen LogP contribution in [0.1, 0.15) is 0 Å². The fourth-order valence-corrected chi connectivity index (χ4v) is 4.61. The molecule has 0 unspecified atom stereocenters. The van der Waals surface area contributed by atoms with Gasteiger partial charge in [-0.25, -0.2) is 4.57 Å². The van der Waals surface area contributed by atoms with Crippen LogP contribution in [-0.4, -0.2) is 77.7 Å². The average molecular weight is 426 g/mol. The van der Waals surface area contributed by atoms with E-state index in [9.17, 15) is 0 Å². The summed E-state index contributed by atoms with van der Waals surface area (Å²) in [6.45, 7) is 3.63. The lowest BCUT2D eigenvalue weighted by Crippen LogP contribution is -2.46. The number of aliphatic hydroxyl groups excluding tert-OH is 2. The van der Waals surface area contributed by atoms with Crippen LogP contribution in [0.3, 0.4) is 0 Å². The molecule has 6 rings (SSSR count). The van der Waals surface area contributed by atoms with E-state index in [1.165, 1.54) is 0 Å². The molecule has 6 aliphatic heterocycles. The number of phosphoric acid groups is 1. The van der Waals surface area contributed by atoms with Crippen molar-refractivity contribution in [1.29, 1.82) is 0 Å². The SMILES string of the molecule is O=P(O)(O)O.OCC12COP(OC1)OC2.OCC12COP(OC1)OC2. The summed E-state index contributed by atoms with van der Waals surface area (Å²) in [6.07, 6.45) is 0. The number of fused-ring (bicyclic) bond motifs is 6. The Morgan fingerprint density at radius 3 is 1.00 bits per heavy atom. The van der Waals surface area contributed by atoms with Gasteiger partial charge in [0.05, 0.1) is 63.7 Å². The van der Waals surface area contributed by atoms with Crippen LogP contribution in [-0.2, 0) is 31.7 Å². The maximum atomic E-state index is 8.93. The molecule has 6 heterocycles. The second-order valence-electron chi connectivity index (χ2n) is 5.92. The van der Waals surface area contributed by atoms with E-state index in [2.05, 4.69) is 0 Å². The Hall–Kier alpha value is 0.650. The number of aliphatic hydroxyl groups is 2. The van der Waals surface area contributed by atoms with Gasteiger partial charge in [0.25, 0.3) is 0 Å². The van der Waals surface area contributed by atoms with Crippen molar-refractivity contribution in [3.63, 3.8) is 0 Å². The van der Waals surface area contributed by atoms with Crippen molar-refractivity contribution in [2.45, 2.75) is 0 Å². The Bertz CT molecular complexity index is 388. The van der Waals surface area contributed by atoms with Crippen LogP contribution in [0.25, 0.3) is 0 Å². The van der Waals surface area contributed by atoms with Crippen molar-refractivity contribution in [3.05, 3.63) is 0 Å². The monoisotopic (exact) mass is 426 g/mol. The third kappa shape index (κ3) is 6.95. The van der Waals surface area contributed by atoms with Crippen molar-refractivity contribution in [1.82, 2.24) is 0 Å². The Morgan fingerprint density at radius 2 is 0.880 bits per heavy atom. The maximum Gasteiger partial charge on any atom is 0.466 e. The third-order valence-electron chi connectivity index (χ3n) is 3.53. The predicted molar refractivity (Wildman–Crippen MR) is 82.9 cm³/mol.